The largest absolute Gasteiger partial charge is 0.319 e. The van der Waals surface area contributed by atoms with Gasteiger partial charge >= 0.3 is 0 Å². The number of benzene rings is 6. The van der Waals surface area contributed by atoms with Crippen LogP contribution in [0.15, 0.2) is 127 Å². The van der Waals surface area contributed by atoms with Crippen LogP contribution < -0.4 is 5.30 Å². The Morgan fingerprint density at radius 3 is 1.95 bits per heavy atom. The molecule has 4 heteroatoms. The molecule has 7 aromatic rings. The topological polar surface area (TPSA) is 42.9 Å². The van der Waals surface area contributed by atoms with Gasteiger partial charge in [0, 0.05) is 27.2 Å². The Morgan fingerprint density at radius 2 is 1.20 bits per heavy atom. The van der Waals surface area contributed by atoms with E-state index < -0.39 is 7.14 Å². The second kappa shape index (κ2) is 9.55. The Morgan fingerprint density at radius 1 is 0.525 bits per heavy atom. The fraction of sp³-hybridized carbons (Fsp3) is 0.0556. The summed E-state index contributed by atoms with van der Waals surface area (Å²) in [4.78, 5) is 10.2. The smallest absolute Gasteiger partial charge is 0.160 e. The molecule has 0 aliphatic heterocycles. The zero-order chi connectivity index (χ0) is 27.3. The van der Waals surface area contributed by atoms with Crippen molar-refractivity contribution in [2.75, 3.05) is 13.3 Å². The quantitative estimate of drug-likeness (QED) is 0.167. The van der Waals surface area contributed by atoms with Gasteiger partial charge in [-0.25, -0.2) is 9.97 Å². The number of hydrogen-bond donors (Lipinski definition) is 0. The predicted octanol–water partition coefficient (Wildman–Crippen LogP) is 9.19. The van der Waals surface area contributed by atoms with E-state index in [1.54, 1.807) is 0 Å². The first kappa shape index (κ1) is 24.5. The lowest BCUT2D eigenvalue weighted by atomic mass is 9.94. The first-order valence-corrected chi connectivity index (χ1v) is 16.0. The van der Waals surface area contributed by atoms with Gasteiger partial charge in [-0.05, 0) is 52.7 Å². The molecular formula is C36H27N2OP. The lowest BCUT2D eigenvalue weighted by Crippen LogP contribution is -2.04. The van der Waals surface area contributed by atoms with Gasteiger partial charge in [0.15, 0.2) is 5.82 Å². The van der Waals surface area contributed by atoms with Crippen molar-refractivity contribution in [3.05, 3.63) is 127 Å². The molecule has 0 fully saturated rings. The minimum Gasteiger partial charge on any atom is -0.319 e. The third-order valence-electron chi connectivity index (χ3n) is 7.55. The number of hydrogen-bond acceptors (Lipinski definition) is 3. The van der Waals surface area contributed by atoms with Crippen molar-refractivity contribution in [3.63, 3.8) is 0 Å². The van der Waals surface area contributed by atoms with Crippen molar-refractivity contribution in [2.45, 2.75) is 0 Å². The van der Waals surface area contributed by atoms with E-state index in [9.17, 15) is 4.57 Å². The highest BCUT2D eigenvalue weighted by Gasteiger charge is 2.17. The van der Waals surface area contributed by atoms with Gasteiger partial charge < -0.3 is 4.57 Å². The molecule has 7 rings (SSSR count). The third-order valence-corrected chi connectivity index (χ3v) is 9.10. The van der Waals surface area contributed by atoms with Gasteiger partial charge in [0.2, 0.25) is 0 Å². The first-order valence-electron chi connectivity index (χ1n) is 13.4. The molecule has 1 aromatic heterocycles. The molecule has 0 N–H and O–H groups in total. The molecule has 0 aliphatic carbocycles. The van der Waals surface area contributed by atoms with E-state index in [1.165, 1.54) is 0 Å². The van der Waals surface area contributed by atoms with Gasteiger partial charge in [0.25, 0.3) is 0 Å². The minimum absolute atomic E-state index is 0.710. The van der Waals surface area contributed by atoms with Gasteiger partial charge in [-0.1, -0.05) is 115 Å². The van der Waals surface area contributed by atoms with E-state index in [0.29, 0.717) is 5.82 Å². The summed E-state index contributed by atoms with van der Waals surface area (Å²) in [5, 5.41) is 6.30. The molecule has 3 nitrogen and oxygen atoms in total. The summed E-state index contributed by atoms with van der Waals surface area (Å²) in [5.41, 5.74) is 6.12. The summed E-state index contributed by atoms with van der Waals surface area (Å²) in [7, 11) is -2.43. The maximum absolute atomic E-state index is 13.1. The van der Waals surface area contributed by atoms with Crippen LogP contribution in [0.25, 0.3) is 66.2 Å². The summed E-state index contributed by atoms with van der Waals surface area (Å²) in [6.45, 7) is 3.68. The normalized spacial score (nSPS) is 11.8. The Balaban J connectivity index is 1.53. The molecule has 0 spiro atoms. The Labute approximate surface area is 233 Å². The van der Waals surface area contributed by atoms with Crippen molar-refractivity contribution in [1.29, 1.82) is 0 Å². The molecule has 0 aliphatic rings. The van der Waals surface area contributed by atoms with Gasteiger partial charge in [-0.3, -0.25) is 0 Å². The Bertz CT molecular complexity index is 2100. The monoisotopic (exact) mass is 534 g/mol. The molecule has 0 saturated heterocycles. The maximum Gasteiger partial charge on any atom is 0.160 e. The number of nitrogens with zero attached hydrogens (tertiary/aromatic N) is 2. The van der Waals surface area contributed by atoms with Crippen LogP contribution in [0.5, 0.6) is 0 Å². The Kier molecular flexibility index (Phi) is 5.84. The number of aromatic nitrogens is 2. The lowest BCUT2D eigenvalue weighted by molar-refractivity contribution is 0.588. The van der Waals surface area contributed by atoms with Gasteiger partial charge in [0.1, 0.15) is 7.14 Å². The molecule has 6 aromatic carbocycles. The van der Waals surface area contributed by atoms with Gasteiger partial charge in [-0.2, -0.15) is 0 Å². The fourth-order valence-electron chi connectivity index (χ4n) is 5.63. The minimum atomic E-state index is -2.43. The highest BCUT2D eigenvalue weighted by molar-refractivity contribution is 7.70. The maximum atomic E-state index is 13.1. The van der Waals surface area contributed by atoms with Crippen LogP contribution in [0.2, 0.25) is 0 Å². The molecule has 192 valence electrons. The molecule has 0 bridgehead atoms. The van der Waals surface area contributed by atoms with Crippen molar-refractivity contribution in [3.8, 4) is 33.8 Å². The van der Waals surface area contributed by atoms with Crippen LogP contribution >= 0.6 is 7.14 Å². The molecule has 0 radical (unpaired) electrons. The Hall–Kier alpha value is -4.59. The average molecular weight is 535 g/mol. The van der Waals surface area contributed by atoms with Crippen LogP contribution in [-0.4, -0.2) is 23.3 Å². The van der Waals surface area contributed by atoms with E-state index in [-0.39, 0.29) is 0 Å². The highest BCUT2D eigenvalue weighted by atomic mass is 31.2. The average Bonchev–Trinajstić information content (AvgIpc) is 3.00. The van der Waals surface area contributed by atoms with E-state index >= 15 is 0 Å². The molecular weight excluding hydrogens is 507 g/mol. The number of fused-ring (bicyclic) bond motifs is 4. The number of rotatable bonds is 4. The van der Waals surface area contributed by atoms with E-state index in [0.717, 1.165) is 65.7 Å². The van der Waals surface area contributed by atoms with Gasteiger partial charge in [-0.15, -0.1) is 0 Å². The molecule has 0 atom stereocenters. The van der Waals surface area contributed by atoms with Crippen molar-refractivity contribution in [1.82, 2.24) is 9.97 Å². The summed E-state index contributed by atoms with van der Waals surface area (Å²) in [6, 6.07) is 43.8. The highest BCUT2D eigenvalue weighted by Crippen LogP contribution is 2.40. The molecule has 0 unspecified atom stereocenters. The summed E-state index contributed by atoms with van der Waals surface area (Å²) < 4.78 is 13.1. The van der Waals surface area contributed by atoms with E-state index in [1.807, 2.05) is 61.9 Å². The zero-order valence-corrected chi connectivity index (χ0v) is 23.3. The SMILES string of the molecule is CP(C)(=O)c1cccc2c(-c3ccc4ccc5c(-c6ccccc6)nc(-c6ccccc6)nc5c4c3)cccc12. The first-order chi connectivity index (χ1) is 19.5. The van der Waals surface area contributed by atoms with Crippen molar-refractivity contribution < 1.29 is 4.57 Å². The van der Waals surface area contributed by atoms with Crippen molar-refractivity contribution >= 4 is 44.9 Å². The predicted molar refractivity (Wildman–Crippen MR) is 170 cm³/mol. The standard InChI is InChI=1S/C36H27N2OP/c1-40(2,39)33-18-10-16-29-28(15-9-17-30(29)33)27-20-19-24-21-22-31-34(25-11-5-3-6-12-25)37-36(26-13-7-4-8-14-26)38-35(31)32(24)23-27/h3-23H,1-2H3. The lowest BCUT2D eigenvalue weighted by Gasteiger charge is -2.15. The molecule has 0 saturated carbocycles. The second-order valence-corrected chi connectivity index (χ2v) is 13.7. The van der Waals surface area contributed by atoms with Crippen LogP contribution in [0.4, 0.5) is 0 Å². The van der Waals surface area contributed by atoms with Gasteiger partial charge in [0.05, 0.1) is 11.2 Å². The van der Waals surface area contributed by atoms with Crippen LogP contribution in [0, 0.1) is 0 Å². The van der Waals surface area contributed by atoms with Crippen LogP contribution in [0.1, 0.15) is 0 Å². The summed E-state index contributed by atoms with van der Waals surface area (Å²) in [5.74, 6) is 0.710. The van der Waals surface area contributed by atoms with Crippen molar-refractivity contribution in [2.24, 2.45) is 0 Å². The molecule has 40 heavy (non-hydrogen) atoms. The van der Waals surface area contributed by atoms with E-state index in [2.05, 4.69) is 78.9 Å². The van der Waals surface area contributed by atoms with Crippen LogP contribution in [0.3, 0.4) is 0 Å². The third kappa shape index (κ3) is 4.20. The van der Waals surface area contributed by atoms with E-state index in [4.69, 9.17) is 9.97 Å². The fourth-order valence-corrected chi connectivity index (χ4v) is 6.85. The molecule has 1 heterocycles. The zero-order valence-electron chi connectivity index (χ0n) is 22.4. The summed E-state index contributed by atoms with van der Waals surface area (Å²) >= 11 is 0. The second-order valence-electron chi connectivity index (χ2n) is 10.6. The summed E-state index contributed by atoms with van der Waals surface area (Å²) in [6.07, 6.45) is 0. The van der Waals surface area contributed by atoms with Crippen LogP contribution in [-0.2, 0) is 4.57 Å². The molecule has 0 amide bonds.